The van der Waals surface area contributed by atoms with Gasteiger partial charge < -0.3 is 10.5 Å². The number of rotatable bonds is 7. The maximum atomic E-state index is 12.3. The van der Waals surface area contributed by atoms with Crippen LogP contribution in [-0.2, 0) is 0 Å². The van der Waals surface area contributed by atoms with E-state index in [2.05, 4.69) is 52.7 Å². The lowest BCUT2D eigenvalue weighted by Gasteiger charge is -2.30. The highest BCUT2D eigenvalue weighted by Crippen LogP contribution is 2.17. The number of hydrogen-bond donors (Lipinski definition) is 1. The van der Waals surface area contributed by atoms with E-state index in [0.29, 0.717) is 30.7 Å². The average Bonchev–Trinajstić information content (AvgIpc) is 2.93. The van der Waals surface area contributed by atoms with Gasteiger partial charge in [-0.15, -0.1) is 12.4 Å². The monoisotopic (exact) mass is 369 g/mol. The van der Waals surface area contributed by atoms with Crippen LogP contribution in [0.25, 0.3) is 11.3 Å². The van der Waals surface area contributed by atoms with Crippen molar-refractivity contribution in [2.24, 2.45) is 0 Å². The fourth-order valence-corrected chi connectivity index (χ4v) is 2.64. The lowest BCUT2D eigenvalue weighted by molar-refractivity contribution is -0.793. The zero-order valence-electron chi connectivity index (χ0n) is 14.8. The van der Waals surface area contributed by atoms with Crippen molar-refractivity contribution in [1.82, 2.24) is 20.4 Å². The Hall–Kier alpha value is -2.19. The smallest absolute Gasteiger partial charge is 0.313 e. The second-order valence-electron chi connectivity index (χ2n) is 6.05. The summed E-state index contributed by atoms with van der Waals surface area (Å²) in [7, 11) is 0. The van der Waals surface area contributed by atoms with E-state index in [0.717, 1.165) is 0 Å². The van der Waals surface area contributed by atoms with Crippen molar-refractivity contribution in [2.75, 3.05) is 13.1 Å². The second kappa shape index (κ2) is 9.33. The minimum Gasteiger partial charge on any atom is -0.359 e. The zero-order valence-corrected chi connectivity index (χ0v) is 15.6. The van der Waals surface area contributed by atoms with Gasteiger partial charge in [0.25, 0.3) is 0 Å². The number of halogens is 1. The first-order valence-electron chi connectivity index (χ1n) is 7.96. The molecule has 2 aromatic heterocycles. The summed E-state index contributed by atoms with van der Waals surface area (Å²) < 4.78 is 4.59. The summed E-state index contributed by atoms with van der Waals surface area (Å²) in [4.78, 5) is 18.8. The molecule has 9 heteroatoms. The predicted octanol–water partition coefficient (Wildman–Crippen LogP) is 1.64. The Morgan fingerprint density at radius 3 is 2.60 bits per heavy atom. The summed E-state index contributed by atoms with van der Waals surface area (Å²) in [6, 6.07) is 4.10. The van der Waals surface area contributed by atoms with E-state index in [1.54, 1.807) is 18.3 Å². The molecule has 138 valence electrons. The molecule has 0 aliphatic heterocycles. The molecule has 0 saturated carbocycles. The molecule has 0 atom stereocenters. The molecule has 1 amide bonds. The number of amides is 1. The molecule has 0 aromatic carbocycles. The Bertz CT molecular complexity index is 668. The van der Waals surface area contributed by atoms with Gasteiger partial charge in [-0.3, -0.25) is 19.3 Å². The van der Waals surface area contributed by atoms with E-state index in [1.807, 2.05) is 0 Å². The van der Waals surface area contributed by atoms with Gasteiger partial charge in [0.2, 0.25) is 5.69 Å². The van der Waals surface area contributed by atoms with Crippen LogP contribution < -0.4 is 10.2 Å². The van der Waals surface area contributed by atoms with Crippen molar-refractivity contribution >= 4 is 18.3 Å². The van der Waals surface area contributed by atoms with Crippen LogP contribution in [0.3, 0.4) is 0 Å². The average molecular weight is 370 g/mol. The first-order valence-corrected chi connectivity index (χ1v) is 7.96. The number of nitrogens with one attached hydrogen (secondary N) is 1. The number of nitrogens with zero attached hydrogens (tertiary/aromatic N) is 4. The fraction of sp³-hybridized carbons (Fsp3) is 0.500. The summed E-state index contributed by atoms with van der Waals surface area (Å²) >= 11 is 0. The van der Waals surface area contributed by atoms with Gasteiger partial charge in [-0.05, 0) is 44.7 Å². The minimum absolute atomic E-state index is 0. The third-order valence-corrected chi connectivity index (χ3v) is 3.75. The molecule has 0 unspecified atom stereocenters. The van der Waals surface area contributed by atoms with E-state index >= 15 is 0 Å². The van der Waals surface area contributed by atoms with Crippen LogP contribution in [0.1, 0.15) is 38.2 Å². The predicted molar refractivity (Wildman–Crippen MR) is 95.3 cm³/mol. The maximum Gasteiger partial charge on any atom is 0.313 e. The molecule has 2 rings (SSSR count). The van der Waals surface area contributed by atoms with E-state index in [-0.39, 0.29) is 28.7 Å². The Balaban J connectivity index is 0.00000312. The first-order chi connectivity index (χ1) is 11.4. The molecular formula is C16H24ClN5O3. The second-order valence-corrected chi connectivity index (χ2v) is 6.05. The summed E-state index contributed by atoms with van der Waals surface area (Å²) in [5.74, 6) is -0.445. The first kappa shape index (κ1) is 20.9. The quantitative estimate of drug-likeness (QED) is 0.745. The lowest BCUT2D eigenvalue weighted by Crippen LogP contribution is -2.42. The summed E-state index contributed by atoms with van der Waals surface area (Å²) in [5.41, 5.74) is 0.494. The van der Waals surface area contributed by atoms with Crippen LogP contribution in [0.15, 0.2) is 29.2 Å². The van der Waals surface area contributed by atoms with E-state index in [4.69, 9.17) is 0 Å². The SMILES string of the molecule is CC(C)N(CCNC(=O)c1no[n+]([O-])c1-c1cccnc1)C(C)C.Cl. The molecular weight excluding hydrogens is 346 g/mol. The molecule has 2 heterocycles. The highest BCUT2D eigenvalue weighted by atomic mass is 35.5. The van der Waals surface area contributed by atoms with Crippen molar-refractivity contribution < 1.29 is 14.3 Å². The zero-order chi connectivity index (χ0) is 17.7. The van der Waals surface area contributed by atoms with Gasteiger partial charge in [-0.25, -0.2) is 0 Å². The molecule has 2 aromatic rings. The molecule has 0 radical (unpaired) electrons. The third kappa shape index (κ3) is 5.14. The van der Waals surface area contributed by atoms with Crippen molar-refractivity contribution in [3.63, 3.8) is 0 Å². The number of aromatic nitrogens is 3. The molecule has 0 fully saturated rings. The molecule has 25 heavy (non-hydrogen) atoms. The van der Waals surface area contributed by atoms with Crippen molar-refractivity contribution in [2.45, 2.75) is 39.8 Å². The number of hydrogen-bond acceptors (Lipinski definition) is 6. The van der Waals surface area contributed by atoms with Gasteiger partial charge in [0.15, 0.2) is 0 Å². The Morgan fingerprint density at radius 1 is 1.36 bits per heavy atom. The van der Waals surface area contributed by atoms with Crippen LogP contribution in [0.2, 0.25) is 0 Å². The van der Waals surface area contributed by atoms with Crippen molar-refractivity contribution in [3.8, 4) is 11.3 Å². The van der Waals surface area contributed by atoms with Gasteiger partial charge in [-0.2, -0.15) is 0 Å². The van der Waals surface area contributed by atoms with Gasteiger partial charge in [0.1, 0.15) is 0 Å². The molecule has 0 aliphatic rings. The molecule has 1 N–H and O–H groups in total. The molecule has 0 saturated heterocycles. The third-order valence-electron chi connectivity index (χ3n) is 3.75. The Labute approximate surface area is 153 Å². The van der Waals surface area contributed by atoms with Gasteiger partial charge in [0.05, 0.1) is 5.16 Å². The maximum absolute atomic E-state index is 12.3. The highest BCUT2D eigenvalue weighted by Gasteiger charge is 2.27. The number of carbonyl (C=O) groups is 1. The molecule has 0 bridgehead atoms. The molecule has 8 nitrogen and oxygen atoms in total. The van der Waals surface area contributed by atoms with E-state index < -0.39 is 5.91 Å². The summed E-state index contributed by atoms with van der Waals surface area (Å²) in [6.07, 6.45) is 3.06. The Morgan fingerprint density at radius 2 is 2.04 bits per heavy atom. The standard InChI is InChI=1S/C16H23N5O3.ClH/c1-11(2)20(12(3)4)9-8-18-16(22)14-15(21(23)24-19-14)13-6-5-7-17-10-13;/h5-7,10-12H,8-9H2,1-4H3,(H,18,22);1H. The van der Waals surface area contributed by atoms with Gasteiger partial charge in [0, 0.05) is 43.1 Å². The van der Waals surface area contributed by atoms with Crippen LogP contribution >= 0.6 is 12.4 Å². The topological polar surface area (TPSA) is 98.2 Å². The van der Waals surface area contributed by atoms with Crippen molar-refractivity contribution in [1.29, 1.82) is 0 Å². The molecule has 0 aliphatic carbocycles. The van der Waals surface area contributed by atoms with Crippen LogP contribution in [-0.4, -0.2) is 46.1 Å². The fourth-order valence-electron chi connectivity index (χ4n) is 2.64. The Kier molecular flexibility index (Phi) is 7.79. The molecule has 0 spiro atoms. The van der Waals surface area contributed by atoms with Gasteiger partial charge >= 0.3 is 11.6 Å². The number of pyridine rings is 1. The highest BCUT2D eigenvalue weighted by molar-refractivity contribution is 5.97. The summed E-state index contributed by atoms with van der Waals surface area (Å²) in [6.45, 7) is 9.60. The van der Waals surface area contributed by atoms with Crippen LogP contribution in [0.5, 0.6) is 0 Å². The van der Waals surface area contributed by atoms with Crippen LogP contribution in [0.4, 0.5) is 0 Å². The minimum atomic E-state index is -0.445. The summed E-state index contributed by atoms with van der Waals surface area (Å²) in [5, 5.41) is 18.1. The van der Waals surface area contributed by atoms with E-state index in [9.17, 15) is 10.0 Å². The number of carbonyl (C=O) groups excluding carboxylic acids is 1. The lowest BCUT2D eigenvalue weighted by atomic mass is 10.1. The van der Waals surface area contributed by atoms with Crippen LogP contribution in [0, 0.1) is 5.21 Å². The van der Waals surface area contributed by atoms with Crippen molar-refractivity contribution in [3.05, 3.63) is 35.4 Å². The van der Waals surface area contributed by atoms with Gasteiger partial charge in [-0.1, -0.05) is 0 Å². The van der Waals surface area contributed by atoms with E-state index in [1.165, 1.54) is 6.20 Å². The largest absolute Gasteiger partial charge is 0.359 e. The normalized spacial score (nSPS) is 11.0.